The van der Waals surface area contributed by atoms with Gasteiger partial charge >= 0.3 is 0 Å². The minimum atomic E-state index is -0.209. The number of amides is 1. The van der Waals surface area contributed by atoms with Gasteiger partial charge in [-0.1, -0.05) is 13.8 Å². The van der Waals surface area contributed by atoms with Gasteiger partial charge in [0.2, 0.25) is 0 Å². The molecule has 9 nitrogen and oxygen atoms in total. The van der Waals surface area contributed by atoms with Crippen molar-refractivity contribution in [1.29, 1.82) is 0 Å². The van der Waals surface area contributed by atoms with Gasteiger partial charge in [0.25, 0.3) is 5.91 Å². The van der Waals surface area contributed by atoms with Gasteiger partial charge in [-0.2, -0.15) is 9.61 Å². The molecule has 23 heavy (non-hydrogen) atoms. The zero-order valence-electron chi connectivity index (χ0n) is 13.2. The van der Waals surface area contributed by atoms with Crippen LogP contribution in [0, 0.1) is 5.92 Å². The first-order valence-electron chi connectivity index (χ1n) is 7.37. The van der Waals surface area contributed by atoms with Crippen molar-refractivity contribution in [2.45, 2.75) is 26.3 Å². The maximum atomic E-state index is 12.6. The lowest BCUT2D eigenvalue weighted by molar-refractivity contribution is 0.0928. The fraction of sp³-hybridized carbons (Fsp3) is 0.429. The van der Waals surface area contributed by atoms with Gasteiger partial charge in [0, 0.05) is 13.2 Å². The Bertz CT molecular complexity index is 821. The van der Waals surface area contributed by atoms with Crippen molar-refractivity contribution in [3.63, 3.8) is 0 Å². The Kier molecular flexibility index (Phi) is 4.00. The summed E-state index contributed by atoms with van der Waals surface area (Å²) in [5, 5.41) is 18.3. The Morgan fingerprint density at radius 3 is 2.87 bits per heavy atom. The van der Waals surface area contributed by atoms with Gasteiger partial charge in [-0.3, -0.25) is 9.48 Å². The molecule has 0 aliphatic carbocycles. The smallest absolute Gasteiger partial charge is 0.253 e. The maximum Gasteiger partial charge on any atom is 0.253 e. The average Bonchev–Trinajstić information content (AvgIpc) is 3.13. The molecule has 1 atom stereocenters. The molecule has 0 saturated heterocycles. The molecule has 0 fully saturated rings. The van der Waals surface area contributed by atoms with Crippen molar-refractivity contribution in [2.75, 3.05) is 0 Å². The molecule has 3 rings (SSSR count). The molecule has 3 heterocycles. The van der Waals surface area contributed by atoms with Crippen molar-refractivity contribution in [3.8, 4) is 0 Å². The third-order valence-corrected chi connectivity index (χ3v) is 3.52. The minimum Gasteiger partial charge on any atom is -0.342 e. The number of fused-ring (bicyclic) bond motifs is 1. The van der Waals surface area contributed by atoms with E-state index < -0.39 is 0 Å². The van der Waals surface area contributed by atoms with Crippen molar-refractivity contribution in [2.24, 2.45) is 13.0 Å². The van der Waals surface area contributed by atoms with E-state index in [0.29, 0.717) is 17.1 Å². The third kappa shape index (κ3) is 3.17. The van der Waals surface area contributed by atoms with Crippen molar-refractivity contribution >= 4 is 11.6 Å². The van der Waals surface area contributed by atoms with Crippen LogP contribution in [0.1, 0.15) is 42.5 Å². The zero-order valence-corrected chi connectivity index (χ0v) is 13.2. The summed E-state index contributed by atoms with van der Waals surface area (Å²) >= 11 is 0. The average molecular weight is 314 g/mol. The first-order valence-corrected chi connectivity index (χ1v) is 7.37. The number of pyridine rings is 1. The lowest BCUT2D eigenvalue weighted by atomic mass is 10.0. The second kappa shape index (κ2) is 6.11. The van der Waals surface area contributed by atoms with Crippen LogP contribution in [0.3, 0.4) is 0 Å². The lowest BCUT2D eigenvalue weighted by Crippen LogP contribution is -2.31. The molecule has 120 valence electrons. The van der Waals surface area contributed by atoms with Crippen LogP contribution in [0.25, 0.3) is 5.65 Å². The molecular weight excluding hydrogens is 296 g/mol. The van der Waals surface area contributed by atoms with Crippen LogP contribution < -0.4 is 5.32 Å². The lowest BCUT2D eigenvalue weighted by Gasteiger charge is -2.19. The van der Waals surface area contributed by atoms with Gasteiger partial charge < -0.3 is 5.32 Å². The normalized spacial score (nSPS) is 12.7. The molecule has 9 heteroatoms. The Hall–Kier alpha value is -2.84. The highest BCUT2D eigenvalue weighted by molar-refractivity contribution is 5.94. The summed E-state index contributed by atoms with van der Waals surface area (Å²) in [6.45, 7) is 4.20. The van der Waals surface area contributed by atoms with Gasteiger partial charge in [0.1, 0.15) is 12.2 Å². The van der Waals surface area contributed by atoms with E-state index in [0.717, 1.165) is 12.2 Å². The van der Waals surface area contributed by atoms with E-state index in [1.807, 2.05) is 7.05 Å². The first-order chi connectivity index (χ1) is 11.0. The van der Waals surface area contributed by atoms with Crippen molar-refractivity contribution in [3.05, 3.63) is 36.0 Å². The number of nitrogens with one attached hydrogen (secondary N) is 1. The molecule has 0 aromatic carbocycles. The number of rotatable bonds is 5. The van der Waals surface area contributed by atoms with Crippen molar-refractivity contribution in [1.82, 2.24) is 40.1 Å². The summed E-state index contributed by atoms with van der Waals surface area (Å²) in [4.78, 5) is 16.8. The largest absolute Gasteiger partial charge is 0.342 e. The van der Waals surface area contributed by atoms with Gasteiger partial charge in [-0.25, -0.2) is 4.98 Å². The molecule has 0 bridgehead atoms. The minimum absolute atomic E-state index is 0.198. The Labute approximate surface area is 132 Å². The highest BCUT2D eigenvalue weighted by Crippen LogP contribution is 2.19. The maximum absolute atomic E-state index is 12.6. The molecular formula is C14H18N8O. The standard InChI is InChI=1S/C14H18N8O/c1-9(2)6-11(13-15-8-16-21(13)3)17-14(23)10-4-5-12-18-19-20-22(12)7-10/h4-5,7-9,11H,6H2,1-3H3,(H,17,23)/t11-/m0/s1. The number of hydrogen-bond donors (Lipinski definition) is 1. The third-order valence-electron chi connectivity index (χ3n) is 3.52. The van der Waals surface area contributed by atoms with Crippen LogP contribution in [0.4, 0.5) is 0 Å². The Morgan fingerprint density at radius 1 is 1.35 bits per heavy atom. The Morgan fingerprint density at radius 2 is 2.17 bits per heavy atom. The van der Waals surface area contributed by atoms with E-state index in [4.69, 9.17) is 0 Å². The fourth-order valence-electron chi connectivity index (χ4n) is 2.44. The van der Waals surface area contributed by atoms with Crippen molar-refractivity contribution < 1.29 is 4.79 Å². The van der Waals surface area contributed by atoms with Crippen LogP contribution in [0.2, 0.25) is 0 Å². The van der Waals surface area contributed by atoms with E-state index >= 15 is 0 Å². The summed E-state index contributed by atoms with van der Waals surface area (Å²) in [6, 6.07) is 3.19. The molecule has 1 N–H and O–H groups in total. The number of carbonyl (C=O) groups excluding carboxylic acids is 1. The summed E-state index contributed by atoms with van der Waals surface area (Å²) in [5.74, 6) is 0.936. The number of hydrogen-bond acceptors (Lipinski definition) is 6. The number of tetrazole rings is 1. The zero-order chi connectivity index (χ0) is 16.4. The number of carbonyl (C=O) groups is 1. The van der Waals surface area contributed by atoms with E-state index in [1.54, 1.807) is 23.0 Å². The number of aryl methyl sites for hydroxylation is 1. The van der Waals surface area contributed by atoms with Crippen LogP contribution in [0.15, 0.2) is 24.7 Å². The summed E-state index contributed by atoms with van der Waals surface area (Å²) in [6.07, 6.45) is 3.86. The summed E-state index contributed by atoms with van der Waals surface area (Å²) in [7, 11) is 1.81. The summed E-state index contributed by atoms with van der Waals surface area (Å²) < 4.78 is 3.15. The van der Waals surface area contributed by atoms with Crippen LogP contribution in [0.5, 0.6) is 0 Å². The second-order valence-electron chi connectivity index (χ2n) is 5.80. The quantitative estimate of drug-likeness (QED) is 0.746. The second-order valence-corrected chi connectivity index (χ2v) is 5.80. The molecule has 0 spiro atoms. The number of nitrogens with zero attached hydrogens (tertiary/aromatic N) is 7. The van der Waals surface area contributed by atoms with E-state index in [2.05, 4.69) is 44.8 Å². The van der Waals surface area contributed by atoms with E-state index in [1.165, 1.54) is 10.8 Å². The topological polar surface area (TPSA) is 103 Å². The molecule has 0 unspecified atom stereocenters. The predicted molar refractivity (Wildman–Crippen MR) is 81.4 cm³/mol. The van der Waals surface area contributed by atoms with Crippen LogP contribution in [-0.2, 0) is 7.05 Å². The highest BCUT2D eigenvalue weighted by Gasteiger charge is 2.21. The number of aromatic nitrogens is 7. The van der Waals surface area contributed by atoms with Crippen LogP contribution in [-0.4, -0.2) is 40.7 Å². The van der Waals surface area contributed by atoms with Gasteiger partial charge in [0.15, 0.2) is 5.65 Å². The van der Waals surface area contributed by atoms with Gasteiger partial charge in [0.05, 0.1) is 11.6 Å². The SMILES string of the molecule is CC(C)C[C@H](NC(=O)c1ccc2nnnn2c1)c1ncnn1C. The van der Waals surface area contributed by atoms with Crippen LogP contribution >= 0.6 is 0 Å². The molecule has 1 amide bonds. The highest BCUT2D eigenvalue weighted by atomic mass is 16.1. The molecule has 0 radical (unpaired) electrons. The fourth-order valence-corrected chi connectivity index (χ4v) is 2.44. The molecule has 3 aromatic rings. The van der Waals surface area contributed by atoms with Gasteiger partial charge in [-0.05, 0) is 34.9 Å². The predicted octanol–water partition coefficient (Wildman–Crippen LogP) is 0.770. The van der Waals surface area contributed by atoms with Gasteiger partial charge in [-0.15, -0.1) is 5.10 Å². The molecule has 3 aromatic heterocycles. The summed E-state index contributed by atoms with van der Waals surface area (Å²) in [5.41, 5.74) is 1.08. The molecule has 0 saturated carbocycles. The van der Waals surface area contributed by atoms with E-state index in [-0.39, 0.29) is 11.9 Å². The Balaban J connectivity index is 1.83. The monoisotopic (exact) mass is 314 g/mol. The first kappa shape index (κ1) is 15.1. The van der Waals surface area contributed by atoms with E-state index in [9.17, 15) is 4.79 Å². The molecule has 0 aliphatic rings. The molecule has 0 aliphatic heterocycles.